The Kier molecular flexibility index (Phi) is 7.00. The first kappa shape index (κ1) is 23.3. The van der Waals surface area contributed by atoms with E-state index in [4.69, 9.17) is 4.74 Å². The molecule has 1 heterocycles. The standard InChI is InChI=1S/C26H30N2O4S/c1-3-27(19-20-8-11-24(32-2)12-9-20)26(29)22-14-16-28(17-15-22)33(30,31)25-13-10-21-6-4-5-7-23(21)18-25/h4-13,18,22H,3,14-17,19H2,1-2H3. The van der Waals surface area contributed by atoms with Crippen LogP contribution in [0.5, 0.6) is 5.75 Å². The minimum atomic E-state index is -3.59. The van der Waals surface area contributed by atoms with Crippen molar-refractivity contribution in [3.63, 3.8) is 0 Å². The summed E-state index contributed by atoms with van der Waals surface area (Å²) in [7, 11) is -1.96. The van der Waals surface area contributed by atoms with Crippen molar-refractivity contribution in [3.05, 3.63) is 72.3 Å². The minimum absolute atomic E-state index is 0.0936. The molecule has 7 heteroatoms. The first-order valence-electron chi connectivity index (χ1n) is 11.3. The van der Waals surface area contributed by atoms with E-state index in [1.807, 2.05) is 66.4 Å². The molecule has 33 heavy (non-hydrogen) atoms. The van der Waals surface area contributed by atoms with E-state index in [1.54, 1.807) is 19.2 Å². The van der Waals surface area contributed by atoms with Crippen molar-refractivity contribution in [2.24, 2.45) is 5.92 Å². The summed E-state index contributed by atoms with van der Waals surface area (Å²) < 4.78 is 33.1. The fourth-order valence-corrected chi connectivity index (χ4v) is 5.88. The SMILES string of the molecule is CCN(Cc1ccc(OC)cc1)C(=O)C1CCN(S(=O)(=O)c2ccc3ccccc3c2)CC1. The number of ether oxygens (including phenoxy) is 1. The summed E-state index contributed by atoms with van der Waals surface area (Å²) in [5, 5.41) is 1.91. The molecule has 0 N–H and O–H groups in total. The summed E-state index contributed by atoms with van der Waals surface area (Å²) in [6.07, 6.45) is 1.06. The molecule has 1 saturated heterocycles. The lowest BCUT2D eigenvalue weighted by atomic mass is 9.96. The van der Waals surface area contributed by atoms with Crippen LogP contribution in [0.25, 0.3) is 10.8 Å². The van der Waals surface area contributed by atoms with Gasteiger partial charge in [0.05, 0.1) is 12.0 Å². The number of hydrogen-bond donors (Lipinski definition) is 0. The molecule has 0 aromatic heterocycles. The second kappa shape index (κ2) is 9.93. The first-order chi connectivity index (χ1) is 15.9. The van der Waals surface area contributed by atoms with Crippen molar-refractivity contribution in [2.45, 2.75) is 31.2 Å². The fraction of sp³-hybridized carbons (Fsp3) is 0.346. The number of nitrogens with zero attached hydrogens (tertiary/aromatic N) is 2. The topological polar surface area (TPSA) is 66.9 Å². The molecule has 0 spiro atoms. The Morgan fingerprint density at radius 3 is 2.30 bits per heavy atom. The Labute approximate surface area is 195 Å². The average molecular weight is 467 g/mol. The van der Waals surface area contributed by atoms with Crippen LogP contribution < -0.4 is 4.74 Å². The van der Waals surface area contributed by atoms with Crippen LogP contribution in [0.2, 0.25) is 0 Å². The second-order valence-corrected chi connectivity index (χ2v) is 10.3. The van der Waals surface area contributed by atoms with Gasteiger partial charge in [-0.3, -0.25) is 4.79 Å². The van der Waals surface area contributed by atoms with Gasteiger partial charge in [-0.25, -0.2) is 8.42 Å². The number of sulfonamides is 1. The zero-order valence-corrected chi connectivity index (χ0v) is 19.9. The van der Waals surface area contributed by atoms with Crippen LogP contribution in [0.4, 0.5) is 0 Å². The Morgan fingerprint density at radius 1 is 1.00 bits per heavy atom. The third-order valence-corrected chi connectivity index (χ3v) is 8.28. The number of carbonyl (C=O) groups is 1. The molecule has 6 nitrogen and oxygen atoms in total. The molecule has 0 radical (unpaired) electrons. The summed E-state index contributed by atoms with van der Waals surface area (Å²) in [5.41, 5.74) is 1.04. The third-order valence-electron chi connectivity index (χ3n) is 6.39. The number of amides is 1. The van der Waals surface area contributed by atoms with Crippen LogP contribution >= 0.6 is 0 Å². The number of piperidine rings is 1. The van der Waals surface area contributed by atoms with Crippen LogP contribution in [0.1, 0.15) is 25.3 Å². The molecule has 174 valence electrons. The molecule has 0 aliphatic carbocycles. The molecular formula is C26H30N2O4S. The van der Waals surface area contributed by atoms with Gasteiger partial charge in [0.2, 0.25) is 15.9 Å². The van der Waals surface area contributed by atoms with Gasteiger partial charge < -0.3 is 9.64 Å². The lowest BCUT2D eigenvalue weighted by Crippen LogP contribution is -2.44. The predicted molar refractivity (Wildman–Crippen MR) is 130 cm³/mol. The maximum atomic E-state index is 13.2. The number of hydrogen-bond acceptors (Lipinski definition) is 4. The van der Waals surface area contributed by atoms with Gasteiger partial charge in [-0.15, -0.1) is 0 Å². The third kappa shape index (κ3) is 5.04. The predicted octanol–water partition coefficient (Wildman–Crippen LogP) is 4.30. The maximum absolute atomic E-state index is 13.2. The monoisotopic (exact) mass is 466 g/mol. The van der Waals surface area contributed by atoms with E-state index in [9.17, 15) is 13.2 Å². The Balaban J connectivity index is 1.40. The fourth-order valence-electron chi connectivity index (χ4n) is 4.38. The van der Waals surface area contributed by atoms with E-state index in [0.29, 0.717) is 43.9 Å². The summed E-state index contributed by atoms with van der Waals surface area (Å²) in [6.45, 7) is 3.83. The zero-order valence-electron chi connectivity index (χ0n) is 19.1. The molecular weight excluding hydrogens is 436 g/mol. The lowest BCUT2D eigenvalue weighted by molar-refractivity contribution is -0.137. The first-order valence-corrected chi connectivity index (χ1v) is 12.8. The number of benzene rings is 3. The molecule has 3 aromatic rings. The Bertz CT molecular complexity index is 1220. The lowest BCUT2D eigenvalue weighted by Gasteiger charge is -2.33. The van der Waals surface area contributed by atoms with Crippen molar-refractivity contribution in [1.29, 1.82) is 0 Å². The Morgan fingerprint density at radius 2 is 1.67 bits per heavy atom. The van der Waals surface area contributed by atoms with E-state index in [2.05, 4.69) is 0 Å². The van der Waals surface area contributed by atoms with E-state index < -0.39 is 10.0 Å². The van der Waals surface area contributed by atoms with Crippen molar-refractivity contribution >= 4 is 26.7 Å². The molecule has 0 bridgehead atoms. The zero-order chi connectivity index (χ0) is 23.4. The van der Waals surface area contributed by atoms with E-state index in [-0.39, 0.29) is 11.8 Å². The average Bonchev–Trinajstić information content (AvgIpc) is 2.87. The maximum Gasteiger partial charge on any atom is 0.243 e. The van der Waals surface area contributed by atoms with Gasteiger partial charge in [0.25, 0.3) is 0 Å². The number of methoxy groups -OCH3 is 1. The van der Waals surface area contributed by atoms with Crippen molar-refractivity contribution < 1.29 is 17.9 Å². The molecule has 1 aliphatic heterocycles. The van der Waals surface area contributed by atoms with Crippen LogP contribution in [-0.2, 0) is 21.4 Å². The van der Waals surface area contributed by atoms with Gasteiger partial charge in [-0.1, -0.05) is 42.5 Å². The molecule has 3 aromatic carbocycles. The quantitative estimate of drug-likeness (QED) is 0.521. The van der Waals surface area contributed by atoms with Crippen LogP contribution in [-0.4, -0.2) is 50.3 Å². The second-order valence-electron chi connectivity index (χ2n) is 8.39. The van der Waals surface area contributed by atoms with Gasteiger partial charge in [0, 0.05) is 32.1 Å². The van der Waals surface area contributed by atoms with E-state index in [0.717, 1.165) is 22.1 Å². The molecule has 4 rings (SSSR count). The van der Waals surface area contributed by atoms with Crippen molar-refractivity contribution in [3.8, 4) is 5.75 Å². The highest BCUT2D eigenvalue weighted by atomic mass is 32.2. The summed E-state index contributed by atoms with van der Waals surface area (Å²) in [4.78, 5) is 15.3. The van der Waals surface area contributed by atoms with Gasteiger partial charge in [0.15, 0.2) is 0 Å². The largest absolute Gasteiger partial charge is 0.497 e. The van der Waals surface area contributed by atoms with Crippen molar-refractivity contribution in [1.82, 2.24) is 9.21 Å². The molecule has 1 amide bonds. The highest BCUT2D eigenvalue weighted by molar-refractivity contribution is 7.89. The molecule has 0 saturated carbocycles. The Hall–Kier alpha value is -2.90. The normalized spacial score (nSPS) is 15.5. The van der Waals surface area contributed by atoms with Gasteiger partial charge >= 0.3 is 0 Å². The van der Waals surface area contributed by atoms with Gasteiger partial charge in [-0.2, -0.15) is 4.31 Å². The van der Waals surface area contributed by atoms with Crippen LogP contribution in [0.3, 0.4) is 0 Å². The van der Waals surface area contributed by atoms with Gasteiger partial charge in [-0.05, 0) is 60.4 Å². The molecule has 0 atom stereocenters. The molecule has 1 fully saturated rings. The summed E-state index contributed by atoms with van der Waals surface area (Å²) >= 11 is 0. The smallest absolute Gasteiger partial charge is 0.243 e. The number of carbonyl (C=O) groups excluding carboxylic acids is 1. The minimum Gasteiger partial charge on any atom is -0.497 e. The van der Waals surface area contributed by atoms with Crippen LogP contribution in [0, 0.1) is 5.92 Å². The number of rotatable bonds is 7. The summed E-state index contributed by atoms with van der Waals surface area (Å²) in [6, 6.07) is 20.7. The molecule has 1 aliphatic rings. The highest BCUT2D eigenvalue weighted by Gasteiger charge is 2.33. The highest BCUT2D eigenvalue weighted by Crippen LogP contribution is 2.27. The van der Waals surface area contributed by atoms with E-state index >= 15 is 0 Å². The number of fused-ring (bicyclic) bond motifs is 1. The van der Waals surface area contributed by atoms with Gasteiger partial charge in [0.1, 0.15) is 5.75 Å². The van der Waals surface area contributed by atoms with Crippen molar-refractivity contribution in [2.75, 3.05) is 26.7 Å². The summed E-state index contributed by atoms with van der Waals surface area (Å²) in [5.74, 6) is 0.718. The van der Waals surface area contributed by atoms with E-state index in [1.165, 1.54) is 4.31 Å². The molecule has 0 unspecified atom stereocenters. The van der Waals surface area contributed by atoms with Crippen LogP contribution in [0.15, 0.2) is 71.6 Å².